The van der Waals surface area contributed by atoms with E-state index in [4.69, 9.17) is 18.0 Å². The summed E-state index contributed by atoms with van der Waals surface area (Å²) in [5.41, 5.74) is 9.78. The maximum absolute atomic E-state index is 13.9. The Morgan fingerprint density at radius 3 is 2.32 bits per heavy atom. The highest BCUT2D eigenvalue weighted by atomic mass is 32.1. The molecule has 0 aromatic heterocycles. The smallest absolute Gasteiger partial charge is 0.232 e. The van der Waals surface area contributed by atoms with Gasteiger partial charge in [0.1, 0.15) is 0 Å². The Kier molecular flexibility index (Phi) is 7.85. The Hall–Kier alpha value is -3.75. The van der Waals surface area contributed by atoms with Gasteiger partial charge in [0.15, 0.2) is 5.11 Å². The number of anilines is 3. The first-order chi connectivity index (χ1) is 18.0. The quantitative estimate of drug-likeness (QED) is 0.283. The largest absolute Gasteiger partial charge is 0.366 e. The summed E-state index contributed by atoms with van der Waals surface area (Å²) in [6.07, 6.45) is 1.20. The van der Waals surface area contributed by atoms with Crippen LogP contribution in [0, 0.1) is 11.3 Å². The van der Waals surface area contributed by atoms with Gasteiger partial charge in [0, 0.05) is 35.2 Å². The van der Waals surface area contributed by atoms with Crippen LogP contribution in [0.4, 0.5) is 17.1 Å². The third-order valence-corrected chi connectivity index (χ3v) is 7.96. The number of amides is 2. The van der Waals surface area contributed by atoms with Crippen molar-refractivity contribution < 1.29 is 9.59 Å². The summed E-state index contributed by atoms with van der Waals surface area (Å²) in [6.45, 7) is 5.41. The van der Waals surface area contributed by atoms with Gasteiger partial charge in [0.2, 0.25) is 11.8 Å². The monoisotopic (exact) mass is 529 g/mol. The average molecular weight is 530 g/mol. The number of nitrogens with one attached hydrogen (secondary N) is 4. The zero-order valence-electron chi connectivity index (χ0n) is 22.2. The van der Waals surface area contributed by atoms with Gasteiger partial charge in [-0.05, 0) is 81.2 Å². The molecular formula is C30H35N5O2S. The van der Waals surface area contributed by atoms with E-state index in [1.165, 1.54) is 0 Å². The summed E-state index contributed by atoms with van der Waals surface area (Å²) >= 11 is 5.26. The molecule has 4 rings (SSSR count). The standard InChI is InChI=1S/C30H35N5O2S/c1-29(2,31)30(3,23-18-15-20-9-5-7-11-24(20)34-26(23)36)27(37)33-21-16-13-19(14-17-21)22-10-6-8-12-25(22)35-28(38)32-4/h5-14,16-17,23H,15,18,31H2,1-4H3,(H,33,37)(H,34,36)(H2,32,35,38)/t23-,30?/m0/s1. The van der Waals surface area contributed by atoms with Crippen LogP contribution in [-0.2, 0) is 16.0 Å². The molecule has 0 spiro atoms. The number of benzene rings is 3. The second kappa shape index (κ2) is 10.9. The number of para-hydroxylation sites is 2. The predicted molar refractivity (Wildman–Crippen MR) is 159 cm³/mol. The van der Waals surface area contributed by atoms with Gasteiger partial charge in [-0.15, -0.1) is 0 Å². The van der Waals surface area contributed by atoms with E-state index in [-0.39, 0.29) is 11.8 Å². The van der Waals surface area contributed by atoms with Gasteiger partial charge >= 0.3 is 0 Å². The molecule has 1 heterocycles. The maximum atomic E-state index is 13.9. The number of aryl methyl sites for hydroxylation is 1. The lowest BCUT2D eigenvalue weighted by Crippen LogP contribution is -2.61. The number of hydrogen-bond donors (Lipinski definition) is 5. The van der Waals surface area contributed by atoms with Crippen LogP contribution in [0.1, 0.15) is 32.8 Å². The molecule has 0 saturated carbocycles. The number of carbonyl (C=O) groups excluding carboxylic acids is 2. The summed E-state index contributed by atoms with van der Waals surface area (Å²) in [5.74, 6) is -1.08. The molecule has 3 aromatic rings. The fourth-order valence-electron chi connectivity index (χ4n) is 4.98. The normalized spacial score (nSPS) is 16.8. The van der Waals surface area contributed by atoms with Crippen LogP contribution in [0.25, 0.3) is 11.1 Å². The number of carbonyl (C=O) groups is 2. The topological polar surface area (TPSA) is 108 Å². The van der Waals surface area contributed by atoms with Crippen molar-refractivity contribution in [2.75, 3.05) is 23.0 Å². The SMILES string of the molecule is CNC(=S)Nc1ccccc1-c1ccc(NC(=O)C(C)([C@H]2CCc3ccccc3NC2=O)C(C)(C)N)cc1. The Bertz CT molecular complexity index is 1350. The summed E-state index contributed by atoms with van der Waals surface area (Å²) in [6, 6.07) is 23.2. The van der Waals surface area contributed by atoms with E-state index >= 15 is 0 Å². The summed E-state index contributed by atoms with van der Waals surface area (Å²) in [4.78, 5) is 27.3. The number of fused-ring (bicyclic) bond motifs is 1. The minimum Gasteiger partial charge on any atom is -0.366 e. The molecule has 1 unspecified atom stereocenters. The van der Waals surface area contributed by atoms with Crippen molar-refractivity contribution in [3.8, 4) is 11.1 Å². The Balaban J connectivity index is 1.58. The summed E-state index contributed by atoms with van der Waals surface area (Å²) in [5, 5.41) is 12.7. The zero-order chi connectivity index (χ0) is 27.5. The van der Waals surface area contributed by atoms with Gasteiger partial charge in [0.05, 0.1) is 11.3 Å². The second-order valence-corrected chi connectivity index (χ2v) is 10.9. The van der Waals surface area contributed by atoms with Crippen molar-refractivity contribution in [2.45, 2.75) is 39.2 Å². The fraction of sp³-hybridized carbons (Fsp3) is 0.300. The van der Waals surface area contributed by atoms with Gasteiger partial charge in [-0.25, -0.2) is 0 Å². The van der Waals surface area contributed by atoms with E-state index in [9.17, 15) is 9.59 Å². The lowest BCUT2D eigenvalue weighted by molar-refractivity contribution is -0.139. The molecule has 2 atom stereocenters. The van der Waals surface area contributed by atoms with Gasteiger partial charge in [-0.2, -0.15) is 0 Å². The van der Waals surface area contributed by atoms with Crippen LogP contribution in [0.15, 0.2) is 72.8 Å². The van der Waals surface area contributed by atoms with E-state index in [1.54, 1.807) is 27.8 Å². The Morgan fingerprint density at radius 2 is 1.63 bits per heavy atom. The molecule has 8 heteroatoms. The summed E-state index contributed by atoms with van der Waals surface area (Å²) < 4.78 is 0. The van der Waals surface area contributed by atoms with Crippen molar-refractivity contribution >= 4 is 46.2 Å². The molecule has 1 aliphatic rings. The van der Waals surface area contributed by atoms with Crippen molar-refractivity contribution in [1.82, 2.24) is 5.32 Å². The van der Waals surface area contributed by atoms with Gasteiger partial charge in [0.25, 0.3) is 0 Å². The van der Waals surface area contributed by atoms with Crippen molar-refractivity contribution in [1.29, 1.82) is 0 Å². The first-order valence-corrected chi connectivity index (χ1v) is 13.1. The zero-order valence-corrected chi connectivity index (χ0v) is 23.0. The lowest BCUT2D eigenvalue weighted by Gasteiger charge is -2.44. The molecule has 38 heavy (non-hydrogen) atoms. The number of nitrogens with two attached hydrogens (primary N) is 1. The van der Waals surface area contributed by atoms with Crippen LogP contribution in [0.5, 0.6) is 0 Å². The van der Waals surface area contributed by atoms with Crippen LogP contribution >= 0.6 is 12.2 Å². The second-order valence-electron chi connectivity index (χ2n) is 10.4. The minimum absolute atomic E-state index is 0.190. The third-order valence-electron chi connectivity index (χ3n) is 7.66. The van der Waals surface area contributed by atoms with E-state index < -0.39 is 16.9 Å². The fourth-order valence-corrected chi connectivity index (χ4v) is 5.09. The van der Waals surface area contributed by atoms with Crippen molar-refractivity contribution in [2.24, 2.45) is 17.1 Å². The minimum atomic E-state index is -1.17. The molecule has 1 aliphatic heterocycles. The number of rotatable bonds is 6. The molecule has 0 fully saturated rings. The van der Waals surface area contributed by atoms with E-state index in [2.05, 4.69) is 21.3 Å². The van der Waals surface area contributed by atoms with E-state index in [0.717, 1.165) is 28.1 Å². The lowest BCUT2D eigenvalue weighted by atomic mass is 9.62. The molecule has 0 bridgehead atoms. The van der Waals surface area contributed by atoms with Crippen molar-refractivity contribution in [3.05, 3.63) is 78.4 Å². The first kappa shape index (κ1) is 27.3. The van der Waals surface area contributed by atoms with Crippen molar-refractivity contribution in [3.63, 3.8) is 0 Å². The highest BCUT2D eigenvalue weighted by molar-refractivity contribution is 7.80. The third kappa shape index (κ3) is 5.42. The Labute approximate surface area is 229 Å². The molecule has 0 aliphatic carbocycles. The molecule has 3 aromatic carbocycles. The Morgan fingerprint density at radius 1 is 0.974 bits per heavy atom. The van der Waals surface area contributed by atoms with E-state index in [0.29, 0.717) is 23.6 Å². The van der Waals surface area contributed by atoms with E-state index in [1.807, 2.05) is 72.8 Å². The van der Waals surface area contributed by atoms with Crippen LogP contribution in [0.3, 0.4) is 0 Å². The van der Waals surface area contributed by atoms with Gasteiger partial charge in [-0.3, -0.25) is 9.59 Å². The molecule has 2 amide bonds. The average Bonchev–Trinajstić information content (AvgIpc) is 3.06. The maximum Gasteiger partial charge on any atom is 0.232 e. The highest BCUT2D eigenvalue weighted by Crippen LogP contribution is 2.43. The predicted octanol–water partition coefficient (Wildman–Crippen LogP) is 5.15. The molecular weight excluding hydrogens is 494 g/mol. The van der Waals surface area contributed by atoms with Crippen LogP contribution in [-0.4, -0.2) is 29.5 Å². The molecule has 0 radical (unpaired) electrons. The van der Waals surface area contributed by atoms with Crippen LogP contribution in [0.2, 0.25) is 0 Å². The van der Waals surface area contributed by atoms with Gasteiger partial charge in [-0.1, -0.05) is 48.5 Å². The highest BCUT2D eigenvalue weighted by Gasteiger charge is 2.53. The molecule has 0 saturated heterocycles. The molecule has 6 N–H and O–H groups in total. The summed E-state index contributed by atoms with van der Waals surface area (Å²) in [7, 11) is 1.77. The molecule has 198 valence electrons. The molecule has 7 nitrogen and oxygen atoms in total. The van der Waals surface area contributed by atoms with Crippen LogP contribution < -0.4 is 27.0 Å². The van der Waals surface area contributed by atoms with Gasteiger partial charge < -0.3 is 27.0 Å². The number of hydrogen-bond acceptors (Lipinski definition) is 4. The first-order valence-electron chi connectivity index (χ1n) is 12.7. The number of thiocarbonyl (C=S) groups is 1.